The van der Waals surface area contributed by atoms with Gasteiger partial charge in [-0.25, -0.2) is 9.67 Å². The third-order valence-corrected chi connectivity index (χ3v) is 8.52. The Labute approximate surface area is 225 Å². The van der Waals surface area contributed by atoms with Gasteiger partial charge in [-0.05, 0) is 92.8 Å². The minimum atomic E-state index is -0.610. The number of pyridine rings is 1. The molecule has 6 rings (SSSR count). The van der Waals surface area contributed by atoms with E-state index < -0.39 is 5.54 Å². The molecule has 3 heterocycles. The maximum absolute atomic E-state index is 12.9. The lowest BCUT2D eigenvalue weighted by Crippen LogP contribution is -2.43. The molecule has 0 spiro atoms. The zero-order valence-corrected chi connectivity index (χ0v) is 22.2. The van der Waals surface area contributed by atoms with Gasteiger partial charge in [0.1, 0.15) is 5.82 Å². The maximum Gasteiger partial charge on any atom is 0.273 e. The van der Waals surface area contributed by atoms with Gasteiger partial charge in [0.25, 0.3) is 5.91 Å². The van der Waals surface area contributed by atoms with Crippen LogP contribution in [0.4, 0.5) is 5.82 Å². The molecule has 0 bridgehead atoms. The van der Waals surface area contributed by atoms with Crippen molar-refractivity contribution in [3.05, 3.63) is 69.6 Å². The number of carbonyl (C=O) groups excluding carboxylic acids is 2. The van der Waals surface area contributed by atoms with Crippen LogP contribution in [0, 0.1) is 30.1 Å². The molecule has 2 atom stereocenters. The normalized spacial score (nSPS) is 24.0. The van der Waals surface area contributed by atoms with Crippen LogP contribution in [-0.4, -0.2) is 44.4 Å². The zero-order valence-electron chi connectivity index (χ0n) is 21.5. The summed E-state index contributed by atoms with van der Waals surface area (Å²) in [6.45, 7) is 6.70. The SMILES string of the molecule is Cc1cc(C(C)(C)n2cc(C(=O)NC3CC(c4cc(Cl)ccc4C#N)C3)nn2)cnc1N1C[C@H]2C[C@H]2C1=O. The van der Waals surface area contributed by atoms with E-state index in [1.54, 1.807) is 34.1 Å². The summed E-state index contributed by atoms with van der Waals surface area (Å²) in [4.78, 5) is 31.9. The molecule has 2 saturated carbocycles. The molecule has 38 heavy (non-hydrogen) atoms. The first-order chi connectivity index (χ1) is 18.2. The van der Waals surface area contributed by atoms with Crippen LogP contribution in [0.2, 0.25) is 5.02 Å². The summed E-state index contributed by atoms with van der Waals surface area (Å²) in [5.41, 5.74) is 3.02. The van der Waals surface area contributed by atoms with E-state index in [1.807, 2.05) is 32.9 Å². The van der Waals surface area contributed by atoms with Gasteiger partial charge >= 0.3 is 0 Å². The van der Waals surface area contributed by atoms with Crippen molar-refractivity contribution < 1.29 is 9.59 Å². The first-order valence-electron chi connectivity index (χ1n) is 12.9. The quantitative estimate of drug-likeness (QED) is 0.516. The van der Waals surface area contributed by atoms with Crippen molar-refractivity contribution in [3.63, 3.8) is 0 Å². The average molecular weight is 530 g/mol. The molecule has 2 aliphatic carbocycles. The molecule has 1 aliphatic heterocycles. The second-order valence-electron chi connectivity index (χ2n) is 11.2. The second kappa shape index (κ2) is 8.91. The van der Waals surface area contributed by atoms with Crippen molar-refractivity contribution >= 4 is 29.2 Å². The van der Waals surface area contributed by atoms with Gasteiger partial charge in [-0.3, -0.25) is 14.5 Å². The highest BCUT2D eigenvalue weighted by Crippen LogP contribution is 2.47. The number of rotatable bonds is 6. The number of nitrogens with one attached hydrogen (secondary N) is 1. The predicted molar refractivity (Wildman–Crippen MR) is 141 cm³/mol. The summed E-state index contributed by atoms with van der Waals surface area (Å²) in [7, 11) is 0. The Bertz CT molecular complexity index is 1500. The Morgan fingerprint density at radius 1 is 1.24 bits per heavy atom. The highest BCUT2D eigenvalue weighted by Gasteiger charge is 2.53. The fourth-order valence-corrected chi connectivity index (χ4v) is 5.83. The Balaban J connectivity index is 1.11. The number of aromatic nitrogens is 4. The largest absolute Gasteiger partial charge is 0.348 e. The van der Waals surface area contributed by atoms with Gasteiger partial charge in [-0.15, -0.1) is 5.10 Å². The van der Waals surface area contributed by atoms with E-state index in [2.05, 4.69) is 26.7 Å². The summed E-state index contributed by atoms with van der Waals surface area (Å²) in [6, 6.07) is 9.54. The van der Waals surface area contributed by atoms with Gasteiger partial charge in [0.05, 0.1) is 23.4 Å². The fraction of sp³-hybridized carbons (Fsp3) is 0.429. The van der Waals surface area contributed by atoms with Gasteiger partial charge < -0.3 is 5.32 Å². The van der Waals surface area contributed by atoms with Gasteiger partial charge in [0.15, 0.2) is 5.69 Å². The van der Waals surface area contributed by atoms with E-state index in [0.29, 0.717) is 16.5 Å². The van der Waals surface area contributed by atoms with Crippen molar-refractivity contribution in [1.82, 2.24) is 25.3 Å². The van der Waals surface area contributed by atoms with Gasteiger partial charge in [0, 0.05) is 29.7 Å². The van der Waals surface area contributed by atoms with E-state index in [0.717, 1.165) is 48.3 Å². The maximum atomic E-state index is 12.9. The molecule has 0 unspecified atom stereocenters. The van der Waals surface area contributed by atoms with Crippen molar-refractivity contribution in [2.24, 2.45) is 11.8 Å². The molecule has 3 fully saturated rings. The minimum Gasteiger partial charge on any atom is -0.348 e. The molecule has 3 aliphatic rings. The number of halogens is 1. The highest BCUT2D eigenvalue weighted by molar-refractivity contribution is 6.30. The van der Waals surface area contributed by atoms with Crippen LogP contribution in [0.1, 0.15) is 71.8 Å². The second-order valence-corrected chi connectivity index (χ2v) is 11.6. The molecule has 1 aromatic carbocycles. The van der Waals surface area contributed by atoms with Crippen LogP contribution < -0.4 is 10.2 Å². The summed E-state index contributed by atoms with van der Waals surface area (Å²) in [5, 5.41) is 21.4. The molecule has 1 saturated heterocycles. The number of benzene rings is 1. The number of hydrogen-bond donors (Lipinski definition) is 1. The Hall–Kier alpha value is -3.77. The van der Waals surface area contributed by atoms with Crippen LogP contribution in [0.15, 0.2) is 36.7 Å². The van der Waals surface area contributed by atoms with Crippen molar-refractivity contribution in [3.8, 4) is 6.07 Å². The number of hydrogen-bond acceptors (Lipinski definition) is 6. The third-order valence-electron chi connectivity index (χ3n) is 8.28. The Kier molecular flexibility index (Phi) is 5.76. The van der Waals surface area contributed by atoms with Gasteiger partial charge in [0.2, 0.25) is 5.91 Å². The van der Waals surface area contributed by atoms with E-state index in [9.17, 15) is 14.9 Å². The smallest absolute Gasteiger partial charge is 0.273 e. The predicted octanol–water partition coefficient (Wildman–Crippen LogP) is 3.95. The van der Waals surface area contributed by atoms with Crippen LogP contribution >= 0.6 is 11.6 Å². The molecular weight excluding hydrogens is 502 g/mol. The molecule has 1 N–H and O–H groups in total. The molecule has 10 heteroatoms. The first kappa shape index (κ1) is 24.6. The lowest BCUT2D eigenvalue weighted by atomic mass is 9.74. The first-order valence-corrected chi connectivity index (χ1v) is 13.2. The van der Waals surface area contributed by atoms with E-state index in [4.69, 9.17) is 11.6 Å². The number of anilines is 1. The van der Waals surface area contributed by atoms with E-state index in [1.165, 1.54) is 0 Å². The molecule has 2 amide bonds. The van der Waals surface area contributed by atoms with Gasteiger partial charge in [-0.1, -0.05) is 16.8 Å². The average Bonchev–Trinajstić information content (AvgIpc) is 3.31. The molecule has 194 valence electrons. The summed E-state index contributed by atoms with van der Waals surface area (Å²) in [6.07, 6.45) is 5.91. The molecule has 0 radical (unpaired) electrons. The van der Waals surface area contributed by atoms with Crippen molar-refractivity contribution in [2.75, 3.05) is 11.4 Å². The molecule has 3 aromatic rings. The van der Waals surface area contributed by atoms with Crippen LogP contribution in [-0.2, 0) is 10.3 Å². The Morgan fingerprint density at radius 2 is 2.03 bits per heavy atom. The Morgan fingerprint density at radius 3 is 2.71 bits per heavy atom. The molecule has 2 aromatic heterocycles. The summed E-state index contributed by atoms with van der Waals surface area (Å²) < 4.78 is 1.67. The topological polar surface area (TPSA) is 117 Å². The van der Waals surface area contributed by atoms with Crippen molar-refractivity contribution in [2.45, 2.75) is 57.5 Å². The number of carbonyl (C=O) groups is 2. The van der Waals surface area contributed by atoms with E-state index in [-0.39, 0.29) is 35.4 Å². The molecule has 9 nitrogen and oxygen atoms in total. The standard InChI is InChI=1S/C28H28ClN7O2/c1-15-6-19(12-31-25(15)35-13-18-9-23(18)27(35)38)28(2,3)36-14-24(33-34-36)26(37)32-21-7-17(8-21)22-10-20(29)5-4-16(22)11-30/h4-6,10,12,14,17-18,21,23H,7-9,13H2,1-3H3,(H,32,37)/t17?,18-,21?,23-/m1/s1. The number of fused-ring (bicyclic) bond motifs is 1. The van der Waals surface area contributed by atoms with E-state index >= 15 is 0 Å². The van der Waals surface area contributed by atoms with Crippen LogP contribution in [0.5, 0.6) is 0 Å². The zero-order chi connectivity index (χ0) is 26.8. The third kappa shape index (κ3) is 4.13. The monoisotopic (exact) mass is 529 g/mol. The molecular formula is C28H28ClN7O2. The fourth-order valence-electron chi connectivity index (χ4n) is 5.65. The van der Waals surface area contributed by atoms with Crippen molar-refractivity contribution in [1.29, 1.82) is 5.26 Å². The lowest BCUT2D eigenvalue weighted by Gasteiger charge is -2.36. The number of piperidine rings is 1. The number of amides is 2. The number of nitrogens with zero attached hydrogens (tertiary/aromatic N) is 6. The number of aryl methyl sites for hydroxylation is 1. The minimum absolute atomic E-state index is 0.00471. The lowest BCUT2D eigenvalue weighted by molar-refractivity contribution is -0.118. The van der Waals surface area contributed by atoms with Crippen LogP contribution in [0.3, 0.4) is 0 Å². The highest BCUT2D eigenvalue weighted by atomic mass is 35.5. The van der Waals surface area contributed by atoms with Crippen LogP contribution in [0.25, 0.3) is 0 Å². The summed E-state index contributed by atoms with van der Waals surface area (Å²) >= 11 is 6.13. The van der Waals surface area contributed by atoms with Gasteiger partial charge in [-0.2, -0.15) is 5.26 Å². The number of nitriles is 1. The summed E-state index contributed by atoms with van der Waals surface area (Å²) in [5.74, 6) is 1.47.